The molecule has 0 spiro atoms. The first-order valence-electron chi connectivity index (χ1n) is 10.8. The smallest absolute Gasteiger partial charge is 0.258 e. The Kier molecular flexibility index (Phi) is 5.40. The molecule has 2 amide bonds. The molecule has 0 aliphatic carbocycles. The number of primary amides is 1. The van der Waals surface area contributed by atoms with Crippen LogP contribution >= 0.6 is 0 Å². The predicted octanol–water partition coefficient (Wildman–Crippen LogP) is 1.83. The van der Waals surface area contributed by atoms with Crippen LogP contribution in [0.25, 0.3) is 10.9 Å². The molecule has 3 aromatic rings. The first-order chi connectivity index (χ1) is 15.1. The summed E-state index contributed by atoms with van der Waals surface area (Å²) in [5, 5.41) is 1.02. The molecule has 0 saturated heterocycles. The van der Waals surface area contributed by atoms with Crippen LogP contribution in [0.5, 0.6) is 0 Å². The summed E-state index contributed by atoms with van der Waals surface area (Å²) in [5.41, 5.74) is 7.76. The van der Waals surface area contributed by atoms with Gasteiger partial charge < -0.3 is 15.6 Å². The number of nitrogens with two attached hydrogens (primary N) is 1. The lowest BCUT2D eigenvalue weighted by Crippen LogP contribution is -2.50. The van der Waals surface area contributed by atoms with Gasteiger partial charge in [-0.15, -0.1) is 0 Å². The minimum Gasteiger partial charge on any atom is -0.369 e. The largest absolute Gasteiger partial charge is 0.369 e. The molecule has 0 fully saturated rings. The molecule has 32 heavy (non-hydrogen) atoms. The Hall–Kier alpha value is -3.42. The number of hydrogen-bond donors (Lipinski definition) is 2. The minimum absolute atomic E-state index is 0.132. The number of carbonyl (C=O) groups is 2. The van der Waals surface area contributed by atoms with E-state index in [-0.39, 0.29) is 18.0 Å². The highest BCUT2D eigenvalue weighted by atomic mass is 16.2. The van der Waals surface area contributed by atoms with Gasteiger partial charge in [-0.1, -0.05) is 32.0 Å². The number of fused-ring (bicyclic) bond motifs is 2. The van der Waals surface area contributed by atoms with E-state index in [0.717, 1.165) is 22.2 Å². The minimum atomic E-state index is -1.06. The lowest BCUT2D eigenvalue weighted by Gasteiger charge is -2.36. The first kappa shape index (κ1) is 21.8. The van der Waals surface area contributed by atoms with Crippen molar-refractivity contribution in [2.24, 2.45) is 24.1 Å². The molecule has 4 rings (SSSR count). The van der Waals surface area contributed by atoms with Gasteiger partial charge in [0.1, 0.15) is 5.82 Å². The highest BCUT2D eigenvalue weighted by molar-refractivity contribution is 5.90. The van der Waals surface area contributed by atoms with Crippen molar-refractivity contribution in [3.8, 4) is 0 Å². The number of aryl methyl sites for hydroxylation is 1. The van der Waals surface area contributed by atoms with Crippen molar-refractivity contribution in [1.82, 2.24) is 19.4 Å². The molecule has 2 aromatic heterocycles. The first-order valence-corrected chi connectivity index (χ1v) is 10.8. The topological polar surface area (TPSA) is 114 Å². The number of rotatable bonds is 5. The lowest BCUT2D eigenvalue weighted by atomic mass is 9.74. The van der Waals surface area contributed by atoms with E-state index in [1.165, 1.54) is 4.57 Å². The fraction of sp³-hybridized carbons (Fsp3) is 0.417. The molecule has 0 radical (unpaired) electrons. The second kappa shape index (κ2) is 7.93. The molecular weight excluding hydrogens is 406 g/mol. The second-order valence-electron chi connectivity index (χ2n) is 9.16. The van der Waals surface area contributed by atoms with Gasteiger partial charge in [0.25, 0.3) is 5.56 Å². The van der Waals surface area contributed by atoms with Crippen LogP contribution in [0.1, 0.15) is 36.5 Å². The van der Waals surface area contributed by atoms with Gasteiger partial charge in [0.2, 0.25) is 11.8 Å². The van der Waals surface area contributed by atoms with Gasteiger partial charge in [0.15, 0.2) is 0 Å². The average molecular weight is 436 g/mol. The number of H-pyrrole nitrogens is 1. The van der Waals surface area contributed by atoms with Crippen molar-refractivity contribution in [3.05, 3.63) is 63.5 Å². The highest BCUT2D eigenvalue weighted by Crippen LogP contribution is 2.34. The Morgan fingerprint density at radius 1 is 1.28 bits per heavy atom. The molecule has 0 unspecified atom stereocenters. The molecule has 1 aliphatic rings. The van der Waals surface area contributed by atoms with Gasteiger partial charge in [0.05, 0.1) is 29.1 Å². The van der Waals surface area contributed by atoms with E-state index in [9.17, 15) is 14.4 Å². The van der Waals surface area contributed by atoms with Crippen molar-refractivity contribution in [2.75, 3.05) is 6.54 Å². The number of aromatic nitrogens is 3. The van der Waals surface area contributed by atoms with E-state index >= 15 is 0 Å². The Morgan fingerprint density at radius 3 is 2.72 bits per heavy atom. The maximum absolute atomic E-state index is 13.8. The number of para-hydroxylation sites is 1. The highest BCUT2D eigenvalue weighted by Gasteiger charge is 2.43. The number of nitrogens with one attached hydrogen (secondary N) is 1. The maximum Gasteiger partial charge on any atom is 0.258 e. The van der Waals surface area contributed by atoms with Crippen LogP contribution in [-0.2, 0) is 36.0 Å². The van der Waals surface area contributed by atoms with Gasteiger partial charge in [0, 0.05) is 37.1 Å². The normalized spacial score (nSPS) is 14.9. The molecule has 0 bridgehead atoms. The number of hydrogen-bond acceptors (Lipinski definition) is 4. The van der Waals surface area contributed by atoms with Crippen LogP contribution < -0.4 is 11.3 Å². The summed E-state index contributed by atoms with van der Waals surface area (Å²) in [7, 11) is 1.68. The summed E-state index contributed by atoms with van der Waals surface area (Å²) in [4.78, 5) is 48.3. The van der Waals surface area contributed by atoms with E-state index in [2.05, 4.69) is 9.97 Å². The van der Waals surface area contributed by atoms with Crippen LogP contribution in [0.15, 0.2) is 35.3 Å². The molecular formula is C24H29N5O3. The average Bonchev–Trinajstić information content (AvgIpc) is 3.18. The van der Waals surface area contributed by atoms with Crippen molar-refractivity contribution < 1.29 is 9.59 Å². The van der Waals surface area contributed by atoms with Crippen LogP contribution in [-0.4, -0.2) is 37.8 Å². The van der Waals surface area contributed by atoms with E-state index in [1.54, 1.807) is 32.7 Å². The lowest BCUT2D eigenvalue weighted by molar-refractivity contribution is -0.146. The fourth-order valence-corrected chi connectivity index (χ4v) is 4.44. The molecule has 8 heteroatoms. The summed E-state index contributed by atoms with van der Waals surface area (Å²) in [5.74, 6) is -0.711. The summed E-state index contributed by atoms with van der Waals surface area (Å²) >= 11 is 0. The monoisotopic (exact) mass is 435 g/mol. The van der Waals surface area contributed by atoms with Gasteiger partial charge in [-0.25, -0.2) is 4.98 Å². The van der Waals surface area contributed by atoms with E-state index in [1.807, 2.05) is 30.5 Å². The molecule has 168 valence electrons. The van der Waals surface area contributed by atoms with E-state index in [0.29, 0.717) is 30.8 Å². The molecule has 3 heterocycles. The predicted molar refractivity (Wildman–Crippen MR) is 122 cm³/mol. The molecule has 1 atom stereocenters. The quantitative estimate of drug-likeness (QED) is 0.636. The Morgan fingerprint density at radius 2 is 2.00 bits per heavy atom. The van der Waals surface area contributed by atoms with Gasteiger partial charge in [-0.05, 0) is 25.0 Å². The van der Waals surface area contributed by atoms with E-state index in [4.69, 9.17) is 5.73 Å². The van der Waals surface area contributed by atoms with Crippen LogP contribution in [0.4, 0.5) is 0 Å². The third-order valence-electron chi connectivity index (χ3n) is 6.88. The third kappa shape index (κ3) is 3.59. The van der Waals surface area contributed by atoms with Crippen molar-refractivity contribution >= 4 is 22.7 Å². The van der Waals surface area contributed by atoms with E-state index < -0.39 is 17.2 Å². The number of carbonyl (C=O) groups excluding carboxylic acids is 2. The van der Waals surface area contributed by atoms with Crippen molar-refractivity contribution in [2.45, 2.75) is 40.2 Å². The summed E-state index contributed by atoms with van der Waals surface area (Å²) in [6.07, 6.45) is 2.76. The Labute approximate surface area is 186 Å². The molecule has 0 saturated carbocycles. The molecule has 3 N–H and O–H groups in total. The van der Waals surface area contributed by atoms with Crippen LogP contribution in [0, 0.1) is 18.3 Å². The molecule has 1 aliphatic heterocycles. The van der Waals surface area contributed by atoms with Gasteiger partial charge in [-0.2, -0.15) is 0 Å². The SMILES string of the molecule is Cc1nc2c(c(=O)n1C)CN(C(=O)[C@H](Cc1c[nH]c3ccccc13)C(C)(C)C(N)=O)CC2. The summed E-state index contributed by atoms with van der Waals surface area (Å²) < 4.78 is 1.50. The number of aromatic amines is 1. The zero-order valence-electron chi connectivity index (χ0n) is 18.9. The molecule has 8 nitrogen and oxygen atoms in total. The Balaban J connectivity index is 1.69. The van der Waals surface area contributed by atoms with Gasteiger partial charge in [-0.3, -0.25) is 19.0 Å². The second-order valence-corrected chi connectivity index (χ2v) is 9.16. The zero-order chi connectivity index (χ0) is 23.2. The summed E-state index contributed by atoms with van der Waals surface area (Å²) in [6.45, 7) is 5.87. The third-order valence-corrected chi connectivity index (χ3v) is 6.88. The van der Waals surface area contributed by atoms with Gasteiger partial charge >= 0.3 is 0 Å². The summed E-state index contributed by atoms with van der Waals surface area (Å²) in [6, 6.07) is 7.86. The van der Waals surface area contributed by atoms with Crippen molar-refractivity contribution in [1.29, 1.82) is 0 Å². The number of nitrogens with zero attached hydrogens (tertiary/aromatic N) is 3. The fourth-order valence-electron chi connectivity index (χ4n) is 4.44. The van der Waals surface area contributed by atoms with Crippen LogP contribution in [0.3, 0.4) is 0 Å². The van der Waals surface area contributed by atoms with Crippen molar-refractivity contribution in [3.63, 3.8) is 0 Å². The molecule has 1 aromatic carbocycles. The standard InChI is InChI=1S/C24H29N5O3/c1-14-27-20-9-10-29(13-17(20)21(30)28(14)4)22(31)18(24(2,3)23(25)32)11-15-12-26-19-8-6-5-7-16(15)19/h5-8,12,18,26H,9-11,13H2,1-4H3,(H2,25,32)/t18-/m0/s1. The number of benzene rings is 1. The maximum atomic E-state index is 13.8. The zero-order valence-corrected chi connectivity index (χ0v) is 18.9. The Bertz CT molecular complexity index is 1270. The van der Waals surface area contributed by atoms with Crippen LogP contribution in [0.2, 0.25) is 0 Å². The number of amides is 2.